The minimum atomic E-state index is -3.13. The zero-order valence-corrected chi connectivity index (χ0v) is 14.5. The van der Waals surface area contributed by atoms with E-state index in [0.717, 1.165) is 13.0 Å². The van der Waals surface area contributed by atoms with Gasteiger partial charge in [0.25, 0.3) is 0 Å². The van der Waals surface area contributed by atoms with E-state index in [4.69, 9.17) is 0 Å². The lowest BCUT2D eigenvalue weighted by Crippen LogP contribution is -2.27. The molecule has 1 N–H and O–H groups in total. The monoisotopic (exact) mass is 360 g/mol. The lowest BCUT2D eigenvalue weighted by atomic mass is 10.1. The van der Waals surface area contributed by atoms with Gasteiger partial charge in [-0.3, -0.25) is 4.79 Å². The summed E-state index contributed by atoms with van der Waals surface area (Å²) >= 11 is 0. The van der Waals surface area contributed by atoms with E-state index in [1.165, 1.54) is 11.0 Å². The van der Waals surface area contributed by atoms with Crippen LogP contribution in [0.4, 0.5) is 0 Å². The molecule has 0 unspecified atom stereocenters. The number of hydrogen-bond acceptors (Lipinski definition) is 5. The average Bonchev–Trinajstić information content (AvgIpc) is 3.17. The Morgan fingerprint density at radius 1 is 1.28 bits per heavy atom. The smallest absolute Gasteiger partial charge is 0.220 e. The Hall–Kier alpha value is -2.48. The van der Waals surface area contributed by atoms with Crippen LogP contribution < -0.4 is 5.32 Å². The highest BCUT2D eigenvalue weighted by atomic mass is 32.2. The molecule has 2 aromatic rings. The first kappa shape index (κ1) is 17.3. The predicted molar refractivity (Wildman–Crippen MR) is 93.0 cm³/mol. The molecule has 0 spiro atoms. The second-order valence-corrected chi connectivity index (χ2v) is 8.01. The third-order valence-electron chi connectivity index (χ3n) is 4.08. The van der Waals surface area contributed by atoms with Crippen molar-refractivity contribution < 1.29 is 13.2 Å². The minimum absolute atomic E-state index is 0.00762. The summed E-state index contributed by atoms with van der Waals surface area (Å²) in [6.45, 7) is 1.00. The summed E-state index contributed by atoms with van der Waals surface area (Å²) in [5, 5.41) is 11.9. The number of aromatic nitrogens is 3. The highest BCUT2D eigenvalue weighted by Crippen LogP contribution is 2.18. The van der Waals surface area contributed by atoms with E-state index < -0.39 is 9.84 Å². The van der Waals surface area contributed by atoms with Crippen LogP contribution in [-0.4, -0.2) is 34.8 Å². The normalized spacial score (nSPS) is 18.3. The molecule has 0 saturated heterocycles. The summed E-state index contributed by atoms with van der Waals surface area (Å²) in [5.74, 6) is 0.248. The van der Waals surface area contributed by atoms with Gasteiger partial charge in [0.05, 0.1) is 12.3 Å². The van der Waals surface area contributed by atoms with Gasteiger partial charge in [-0.2, -0.15) is 0 Å². The number of rotatable bonds is 7. The van der Waals surface area contributed by atoms with Gasteiger partial charge in [0.1, 0.15) is 6.33 Å². The molecular weight excluding hydrogens is 340 g/mol. The molecule has 1 atom stereocenters. The van der Waals surface area contributed by atoms with E-state index in [-0.39, 0.29) is 30.5 Å². The number of amides is 1. The number of aryl methyl sites for hydroxylation is 2. The summed E-state index contributed by atoms with van der Waals surface area (Å²) < 4.78 is 24.6. The quantitative estimate of drug-likeness (QED) is 0.797. The maximum atomic E-state index is 12.0. The number of benzene rings is 1. The van der Waals surface area contributed by atoms with Gasteiger partial charge in [0.2, 0.25) is 5.91 Å². The van der Waals surface area contributed by atoms with Crippen LogP contribution in [0.1, 0.15) is 17.8 Å². The molecule has 1 aromatic heterocycles. The van der Waals surface area contributed by atoms with Crippen LogP contribution in [0.5, 0.6) is 0 Å². The number of carbonyl (C=O) groups excluding carboxylic acids is 1. The number of hydrogen-bond donors (Lipinski definition) is 1. The Bertz CT molecular complexity index is 859. The fraction of sp³-hybridized carbons (Fsp3) is 0.353. The van der Waals surface area contributed by atoms with Crippen LogP contribution in [-0.2, 0) is 34.1 Å². The Labute approximate surface area is 146 Å². The SMILES string of the molecule is O=C(C[C@@H]1C=CS(=O)(=O)C1)NCc1nncn1CCc1ccccc1. The van der Waals surface area contributed by atoms with Gasteiger partial charge < -0.3 is 9.88 Å². The molecular formula is C17H20N4O3S. The van der Waals surface area contributed by atoms with Gasteiger partial charge in [-0.05, 0) is 12.0 Å². The number of carbonyl (C=O) groups is 1. The van der Waals surface area contributed by atoms with Crippen molar-refractivity contribution in [3.8, 4) is 0 Å². The van der Waals surface area contributed by atoms with E-state index in [0.29, 0.717) is 5.82 Å². The third kappa shape index (κ3) is 4.99. The average molecular weight is 360 g/mol. The molecule has 2 heterocycles. The van der Waals surface area contributed by atoms with Crippen molar-refractivity contribution in [3.63, 3.8) is 0 Å². The second kappa shape index (κ2) is 7.60. The van der Waals surface area contributed by atoms with Crippen molar-refractivity contribution >= 4 is 15.7 Å². The molecule has 8 heteroatoms. The molecule has 0 fully saturated rings. The topological polar surface area (TPSA) is 93.9 Å². The number of nitrogens with zero attached hydrogens (tertiary/aromatic N) is 3. The molecule has 25 heavy (non-hydrogen) atoms. The van der Waals surface area contributed by atoms with Crippen molar-refractivity contribution in [2.75, 3.05) is 5.75 Å². The standard InChI is InChI=1S/C17H20N4O3S/c22-17(10-15-7-9-25(23,24)12-15)18-11-16-20-19-13-21(16)8-6-14-4-2-1-3-5-14/h1-5,7,9,13,15H,6,8,10-12H2,(H,18,22)/t15-/m0/s1. The van der Waals surface area contributed by atoms with Gasteiger partial charge in [-0.15, -0.1) is 10.2 Å². The van der Waals surface area contributed by atoms with Gasteiger partial charge in [-0.25, -0.2) is 8.42 Å². The van der Waals surface area contributed by atoms with Gasteiger partial charge in [0.15, 0.2) is 15.7 Å². The molecule has 0 saturated carbocycles. The van der Waals surface area contributed by atoms with E-state index in [2.05, 4.69) is 27.6 Å². The summed E-state index contributed by atoms with van der Waals surface area (Å²) in [4.78, 5) is 12.0. The van der Waals surface area contributed by atoms with Gasteiger partial charge >= 0.3 is 0 Å². The molecule has 3 rings (SSSR count). The summed E-state index contributed by atoms with van der Waals surface area (Å²) in [6.07, 6.45) is 4.24. The fourth-order valence-electron chi connectivity index (χ4n) is 2.75. The lowest BCUT2D eigenvalue weighted by molar-refractivity contribution is -0.121. The zero-order valence-electron chi connectivity index (χ0n) is 13.7. The van der Waals surface area contributed by atoms with Crippen molar-refractivity contribution in [3.05, 3.63) is 59.5 Å². The number of sulfone groups is 1. The first-order valence-electron chi connectivity index (χ1n) is 8.10. The first-order valence-corrected chi connectivity index (χ1v) is 9.82. The molecule has 1 aromatic carbocycles. The van der Waals surface area contributed by atoms with E-state index in [1.807, 2.05) is 22.8 Å². The zero-order chi connectivity index (χ0) is 17.7. The van der Waals surface area contributed by atoms with Crippen LogP contribution in [0.25, 0.3) is 0 Å². The maximum Gasteiger partial charge on any atom is 0.220 e. The number of nitrogens with one attached hydrogen (secondary N) is 1. The van der Waals surface area contributed by atoms with Crippen LogP contribution >= 0.6 is 0 Å². The van der Waals surface area contributed by atoms with Crippen molar-refractivity contribution in [2.24, 2.45) is 5.92 Å². The van der Waals surface area contributed by atoms with Crippen LogP contribution in [0.15, 0.2) is 48.1 Å². The highest BCUT2D eigenvalue weighted by molar-refractivity contribution is 7.94. The Morgan fingerprint density at radius 2 is 2.08 bits per heavy atom. The fourth-order valence-corrected chi connectivity index (χ4v) is 4.15. The molecule has 1 aliphatic heterocycles. The van der Waals surface area contributed by atoms with E-state index in [1.54, 1.807) is 12.4 Å². The Balaban J connectivity index is 1.48. The van der Waals surface area contributed by atoms with E-state index >= 15 is 0 Å². The summed E-state index contributed by atoms with van der Waals surface area (Å²) in [5.41, 5.74) is 1.22. The number of allylic oxidation sites excluding steroid dienone is 1. The first-order chi connectivity index (χ1) is 12.0. The van der Waals surface area contributed by atoms with Crippen molar-refractivity contribution in [1.29, 1.82) is 0 Å². The minimum Gasteiger partial charge on any atom is -0.349 e. The predicted octanol–water partition coefficient (Wildman–Crippen LogP) is 1.09. The summed E-state index contributed by atoms with van der Waals surface area (Å²) in [6, 6.07) is 10.1. The molecule has 132 valence electrons. The van der Waals surface area contributed by atoms with E-state index in [9.17, 15) is 13.2 Å². The third-order valence-corrected chi connectivity index (χ3v) is 5.54. The highest BCUT2D eigenvalue weighted by Gasteiger charge is 2.23. The Kier molecular flexibility index (Phi) is 5.28. The van der Waals surface area contributed by atoms with Crippen molar-refractivity contribution in [1.82, 2.24) is 20.1 Å². The molecule has 1 aliphatic rings. The molecule has 0 radical (unpaired) electrons. The molecule has 0 bridgehead atoms. The van der Waals surface area contributed by atoms with Crippen LogP contribution in [0.2, 0.25) is 0 Å². The lowest BCUT2D eigenvalue weighted by Gasteiger charge is -2.09. The van der Waals surface area contributed by atoms with Gasteiger partial charge in [-0.1, -0.05) is 36.4 Å². The summed E-state index contributed by atoms with van der Waals surface area (Å²) in [7, 11) is -3.13. The van der Waals surface area contributed by atoms with Crippen LogP contribution in [0, 0.1) is 5.92 Å². The maximum absolute atomic E-state index is 12.0. The molecule has 0 aliphatic carbocycles. The molecule has 1 amide bonds. The van der Waals surface area contributed by atoms with Crippen LogP contribution in [0.3, 0.4) is 0 Å². The Morgan fingerprint density at radius 3 is 2.80 bits per heavy atom. The largest absolute Gasteiger partial charge is 0.349 e. The molecule has 7 nitrogen and oxygen atoms in total. The van der Waals surface area contributed by atoms with Gasteiger partial charge in [0, 0.05) is 24.3 Å². The van der Waals surface area contributed by atoms with Crippen molar-refractivity contribution in [2.45, 2.75) is 25.9 Å². The second-order valence-electron chi connectivity index (χ2n) is 6.08.